The summed E-state index contributed by atoms with van der Waals surface area (Å²) in [4.78, 5) is 30.8. The standard InChI is InChI=1S/C18H20N2O4S/c1-11-3-5-13(6-4-11)17-15(25-12(2)19-17)9-16(21)20-7-8-24-14(10-20)18(22)23/h3-6,14H,7-10H2,1-2H3,(H,22,23)/t14-/m0/s1. The number of nitrogens with zero attached hydrogens (tertiary/aromatic N) is 2. The highest BCUT2D eigenvalue weighted by Gasteiger charge is 2.29. The summed E-state index contributed by atoms with van der Waals surface area (Å²) in [6.45, 7) is 4.70. The first-order chi connectivity index (χ1) is 11.9. The van der Waals surface area contributed by atoms with Crippen LogP contribution < -0.4 is 0 Å². The molecule has 1 N–H and O–H groups in total. The molecule has 0 unspecified atom stereocenters. The van der Waals surface area contributed by atoms with E-state index in [1.165, 1.54) is 16.9 Å². The largest absolute Gasteiger partial charge is 0.479 e. The van der Waals surface area contributed by atoms with E-state index in [2.05, 4.69) is 4.98 Å². The Morgan fingerprint density at radius 2 is 2.04 bits per heavy atom. The fourth-order valence-electron chi connectivity index (χ4n) is 2.80. The number of carboxylic acid groups (broad SMARTS) is 1. The molecular weight excluding hydrogens is 340 g/mol. The van der Waals surface area contributed by atoms with Gasteiger partial charge in [0.05, 0.1) is 30.3 Å². The first kappa shape index (κ1) is 17.6. The monoisotopic (exact) mass is 360 g/mol. The number of carbonyl (C=O) groups is 2. The zero-order valence-electron chi connectivity index (χ0n) is 14.2. The van der Waals surface area contributed by atoms with Crippen molar-refractivity contribution in [1.29, 1.82) is 0 Å². The molecule has 1 fully saturated rings. The van der Waals surface area contributed by atoms with Gasteiger partial charge in [-0.3, -0.25) is 4.79 Å². The minimum Gasteiger partial charge on any atom is -0.479 e. The van der Waals surface area contributed by atoms with Gasteiger partial charge in [-0.15, -0.1) is 11.3 Å². The zero-order valence-corrected chi connectivity index (χ0v) is 15.0. The number of carboxylic acids is 1. The summed E-state index contributed by atoms with van der Waals surface area (Å²) in [6, 6.07) is 8.06. The van der Waals surface area contributed by atoms with Crippen molar-refractivity contribution in [3.63, 3.8) is 0 Å². The SMILES string of the molecule is Cc1ccc(-c2nc(C)sc2CC(=O)N2CCO[C@H](C(=O)O)C2)cc1. The van der Waals surface area contributed by atoms with Gasteiger partial charge in [-0.1, -0.05) is 29.8 Å². The summed E-state index contributed by atoms with van der Waals surface area (Å²) in [7, 11) is 0. The molecule has 1 amide bonds. The third-order valence-electron chi connectivity index (χ3n) is 4.14. The minimum absolute atomic E-state index is 0.0891. The van der Waals surface area contributed by atoms with Crippen molar-refractivity contribution < 1.29 is 19.4 Å². The van der Waals surface area contributed by atoms with Crippen LogP contribution in [0.15, 0.2) is 24.3 Å². The summed E-state index contributed by atoms with van der Waals surface area (Å²) in [5.41, 5.74) is 2.99. The topological polar surface area (TPSA) is 79.7 Å². The van der Waals surface area contributed by atoms with Crippen LogP contribution in [0.25, 0.3) is 11.3 Å². The van der Waals surface area contributed by atoms with Gasteiger partial charge in [0.15, 0.2) is 6.10 Å². The number of benzene rings is 1. The van der Waals surface area contributed by atoms with Crippen LogP contribution in [0, 0.1) is 13.8 Å². The summed E-state index contributed by atoms with van der Waals surface area (Å²) in [6.07, 6.45) is -0.724. The van der Waals surface area contributed by atoms with Crippen molar-refractivity contribution in [2.45, 2.75) is 26.4 Å². The first-order valence-electron chi connectivity index (χ1n) is 8.09. The second-order valence-corrected chi connectivity index (χ2v) is 7.37. The van der Waals surface area contributed by atoms with Crippen LogP contribution in [0.1, 0.15) is 15.4 Å². The molecule has 7 heteroatoms. The highest BCUT2D eigenvalue weighted by Crippen LogP contribution is 2.29. The minimum atomic E-state index is -1.04. The number of carbonyl (C=O) groups excluding carboxylic acids is 1. The van der Waals surface area contributed by atoms with E-state index in [4.69, 9.17) is 9.84 Å². The van der Waals surface area contributed by atoms with Crippen molar-refractivity contribution in [2.75, 3.05) is 19.7 Å². The lowest BCUT2D eigenvalue weighted by atomic mass is 10.1. The summed E-state index contributed by atoms with van der Waals surface area (Å²) in [5, 5.41) is 9.98. The highest BCUT2D eigenvalue weighted by atomic mass is 32.1. The maximum absolute atomic E-state index is 12.6. The average molecular weight is 360 g/mol. The number of morpholine rings is 1. The van der Waals surface area contributed by atoms with Gasteiger partial charge in [-0.25, -0.2) is 9.78 Å². The number of thiazole rings is 1. The molecule has 6 nitrogen and oxygen atoms in total. The van der Waals surface area contributed by atoms with Crippen LogP contribution in [0.3, 0.4) is 0 Å². The first-order valence-corrected chi connectivity index (χ1v) is 8.91. The molecule has 1 saturated heterocycles. The van der Waals surface area contributed by atoms with E-state index in [1.807, 2.05) is 38.1 Å². The van der Waals surface area contributed by atoms with Crippen molar-refractivity contribution >= 4 is 23.2 Å². The van der Waals surface area contributed by atoms with Gasteiger partial charge >= 0.3 is 5.97 Å². The van der Waals surface area contributed by atoms with Crippen LogP contribution in [-0.4, -0.2) is 52.7 Å². The molecular formula is C18H20N2O4S. The van der Waals surface area contributed by atoms with E-state index in [-0.39, 0.29) is 25.5 Å². The predicted molar refractivity (Wildman–Crippen MR) is 94.7 cm³/mol. The van der Waals surface area contributed by atoms with Crippen molar-refractivity contribution in [3.8, 4) is 11.3 Å². The lowest BCUT2D eigenvalue weighted by molar-refractivity contribution is -0.159. The molecule has 1 aliphatic heterocycles. The molecule has 0 aliphatic carbocycles. The Hall–Kier alpha value is -2.25. The molecule has 2 heterocycles. The summed E-state index contributed by atoms with van der Waals surface area (Å²) < 4.78 is 5.18. The number of aliphatic carboxylic acids is 1. The number of ether oxygens (including phenoxy) is 1. The van der Waals surface area contributed by atoms with E-state index in [0.717, 1.165) is 21.1 Å². The van der Waals surface area contributed by atoms with Crippen LogP contribution in [0.2, 0.25) is 0 Å². The van der Waals surface area contributed by atoms with E-state index >= 15 is 0 Å². The molecule has 0 saturated carbocycles. The molecule has 1 aromatic heterocycles. The third kappa shape index (κ3) is 4.05. The Bertz CT molecular complexity index is 785. The molecule has 2 aromatic rings. The van der Waals surface area contributed by atoms with Gasteiger partial charge in [-0.05, 0) is 13.8 Å². The highest BCUT2D eigenvalue weighted by molar-refractivity contribution is 7.12. The van der Waals surface area contributed by atoms with Gasteiger partial charge in [0.2, 0.25) is 5.91 Å². The fourth-order valence-corrected chi connectivity index (χ4v) is 3.75. The molecule has 1 atom stereocenters. The van der Waals surface area contributed by atoms with E-state index in [0.29, 0.717) is 6.54 Å². The molecule has 0 bridgehead atoms. The van der Waals surface area contributed by atoms with Crippen molar-refractivity contribution in [3.05, 3.63) is 39.7 Å². The Morgan fingerprint density at radius 3 is 2.72 bits per heavy atom. The van der Waals surface area contributed by atoms with Crippen LogP contribution in [0.5, 0.6) is 0 Å². The normalized spacial score (nSPS) is 17.5. The number of amides is 1. The zero-order chi connectivity index (χ0) is 18.0. The number of rotatable bonds is 4. The lowest BCUT2D eigenvalue weighted by Crippen LogP contribution is -2.49. The number of aryl methyl sites for hydroxylation is 2. The van der Waals surface area contributed by atoms with Crippen LogP contribution in [0.4, 0.5) is 0 Å². The maximum atomic E-state index is 12.6. The number of hydrogen-bond acceptors (Lipinski definition) is 5. The predicted octanol–water partition coefficient (Wildman–Crippen LogP) is 2.28. The van der Waals surface area contributed by atoms with Gasteiger partial charge in [0.25, 0.3) is 0 Å². The maximum Gasteiger partial charge on any atom is 0.334 e. The van der Waals surface area contributed by atoms with E-state index in [1.54, 1.807) is 4.90 Å². The Morgan fingerprint density at radius 1 is 1.32 bits per heavy atom. The van der Waals surface area contributed by atoms with Gasteiger partial charge < -0.3 is 14.7 Å². The second-order valence-electron chi connectivity index (χ2n) is 6.08. The molecule has 0 radical (unpaired) electrons. The van der Waals surface area contributed by atoms with Crippen LogP contribution >= 0.6 is 11.3 Å². The smallest absolute Gasteiger partial charge is 0.334 e. The van der Waals surface area contributed by atoms with Gasteiger partial charge in [-0.2, -0.15) is 0 Å². The van der Waals surface area contributed by atoms with Gasteiger partial charge in [0.1, 0.15) is 0 Å². The third-order valence-corrected chi connectivity index (χ3v) is 5.11. The molecule has 132 valence electrons. The molecule has 25 heavy (non-hydrogen) atoms. The van der Waals surface area contributed by atoms with E-state index in [9.17, 15) is 9.59 Å². The second kappa shape index (κ2) is 7.33. The Balaban J connectivity index is 1.77. The average Bonchev–Trinajstić information content (AvgIpc) is 2.96. The molecule has 1 aromatic carbocycles. The molecule has 1 aliphatic rings. The van der Waals surface area contributed by atoms with Gasteiger partial charge in [0, 0.05) is 17.0 Å². The number of aromatic nitrogens is 1. The Kier molecular flexibility index (Phi) is 5.15. The van der Waals surface area contributed by atoms with Crippen molar-refractivity contribution in [2.24, 2.45) is 0 Å². The molecule has 3 rings (SSSR count). The Labute approximate surface area is 150 Å². The number of hydrogen-bond donors (Lipinski definition) is 1. The van der Waals surface area contributed by atoms with Crippen molar-refractivity contribution in [1.82, 2.24) is 9.88 Å². The van der Waals surface area contributed by atoms with Crippen LogP contribution in [-0.2, 0) is 20.7 Å². The molecule has 0 spiro atoms. The summed E-state index contributed by atoms with van der Waals surface area (Å²) >= 11 is 1.51. The fraction of sp³-hybridized carbons (Fsp3) is 0.389. The quantitative estimate of drug-likeness (QED) is 0.905. The van der Waals surface area contributed by atoms with E-state index < -0.39 is 12.1 Å². The lowest BCUT2D eigenvalue weighted by Gasteiger charge is -2.30. The summed E-state index contributed by atoms with van der Waals surface area (Å²) in [5.74, 6) is -1.13.